The summed E-state index contributed by atoms with van der Waals surface area (Å²) in [5, 5.41) is 9.74. The highest BCUT2D eigenvalue weighted by Gasteiger charge is 2.27. The van der Waals surface area contributed by atoms with E-state index >= 15 is 0 Å². The number of hydrogen-bond acceptors (Lipinski definition) is 4. The zero-order valence-corrected chi connectivity index (χ0v) is 21.5. The predicted octanol–water partition coefficient (Wildman–Crippen LogP) is 5.54. The van der Waals surface area contributed by atoms with Crippen molar-refractivity contribution in [1.82, 2.24) is 14.4 Å². The zero-order valence-electron chi connectivity index (χ0n) is 20.7. The molecule has 2 aromatic carbocycles. The maximum absolute atomic E-state index is 13.6. The summed E-state index contributed by atoms with van der Waals surface area (Å²) in [6.07, 6.45) is 2.29. The quantitative estimate of drug-likeness (QED) is 0.361. The molecule has 6 nitrogen and oxygen atoms in total. The van der Waals surface area contributed by atoms with Crippen molar-refractivity contribution >= 4 is 33.4 Å². The van der Waals surface area contributed by atoms with Crippen molar-refractivity contribution < 1.29 is 14.7 Å². The standard InChI is InChI=1S/C29H31N3O3S/c1-30-15-9-10-20(17-30)18-31(2)25(33)19-32-23-16-24(29(34)35)36-28(23)26(21-11-5-3-6-12-21)27(32)22-13-7-4-8-14-22/h3-8,11-14,16,20H,9-10,15,17-19H2,1-2H3,(H,34,35). The number of benzene rings is 2. The molecular formula is C29H31N3O3S. The van der Waals surface area contributed by atoms with Crippen LogP contribution in [0.5, 0.6) is 0 Å². The SMILES string of the molecule is CN1CCCC(CN(C)C(=O)Cn2c(-c3ccccc3)c(-c3ccccc3)c3sc(C(=O)O)cc32)C1. The van der Waals surface area contributed by atoms with Crippen molar-refractivity contribution in [3.05, 3.63) is 71.6 Å². The number of carbonyl (C=O) groups excluding carboxylic acids is 1. The van der Waals surface area contributed by atoms with E-state index in [0.717, 1.165) is 65.1 Å². The Morgan fingerprint density at radius 3 is 2.36 bits per heavy atom. The average Bonchev–Trinajstić information content (AvgIpc) is 3.43. The van der Waals surface area contributed by atoms with Crippen molar-refractivity contribution in [2.24, 2.45) is 5.92 Å². The van der Waals surface area contributed by atoms with Crippen molar-refractivity contribution in [3.63, 3.8) is 0 Å². The third kappa shape index (κ3) is 4.81. The smallest absolute Gasteiger partial charge is 0.345 e. The Bertz CT molecular complexity index is 1380. The molecule has 3 heterocycles. The van der Waals surface area contributed by atoms with Crippen LogP contribution in [-0.2, 0) is 11.3 Å². The van der Waals surface area contributed by atoms with E-state index in [-0.39, 0.29) is 17.3 Å². The largest absolute Gasteiger partial charge is 0.477 e. The molecule has 5 rings (SSSR count). The molecule has 2 aromatic heterocycles. The van der Waals surface area contributed by atoms with Crippen LogP contribution in [0.15, 0.2) is 66.7 Å². The monoisotopic (exact) mass is 501 g/mol. The fraction of sp³-hybridized carbons (Fsp3) is 0.310. The van der Waals surface area contributed by atoms with Gasteiger partial charge in [-0.3, -0.25) is 4.79 Å². The predicted molar refractivity (Wildman–Crippen MR) is 146 cm³/mol. The van der Waals surface area contributed by atoms with Gasteiger partial charge in [0, 0.05) is 25.7 Å². The van der Waals surface area contributed by atoms with Crippen LogP contribution >= 0.6 is 11.3 Å². The molecule has 1 saturated heterocycles. The molecule has 1 N–H and O–H groups in total. The molecule has 0 spiro atoms. The van der Waals surface area contributed by atoms with Gasteiger partial charge in [-0.25, -0.2) is 4.79 Å². The van der Waals surface area contributed by atoms with Gasteiger partial charge in [0.15, 0.2) is 0 Å². The second-order valence-electron chi connectivity index (χ2n) is 9.72. The first-order chi connectivity index (χ1) is 17.4. The summed E-state index contributed by atoms with van der Waals surface area (Å²) >= 11 is 1.27. The van der Waals surface area contributed by atoms with Crippen LogP contribution < -0.4 is 0 Å². The number of amides is 1. The summed E-state index contributed by atoms with van der Waals surface area (Å²) in [5.41, 5.74) is 4.71. The van der Waals surface area contributed by atoms with Crippen LogP contribution in [-0.4, -0.2) is 65.1 Å². The number of nitrogens with zero attached hydrogens (tertiary/aromatic N) is 3. The molecule has 1 aliphatic rings. The van der Waals surface area contributed by atoms with E-state index in [2.05, 4.69) is 11.9 Å². The molecule has 1 amide bonds. The van der Waals surface area contributed by atoms with Gasteiger partial charge in [-0.15, -0.1) is 11.3 Å². The second-order valence-corrected chi connectivity index (χ2v) is 10.8. The Morgan fingerprint density at radius 1 is 1.06 bits per heavy atom. The first-order valence-corrected chi connectivity index (χ1v) is 13.2. The fourth-order valence-corrected chi connectivity index (χ4v) is 6.40. The van der Waals surface area contributed by atoms with Gasteiger partial charge in [0.2, 0.25) is 5.91 Å². The van der Waals surface area contributed by atoms with Gasteiger partial charge >= 0.3 is 5.97 Å². The summed E-state index contributed by atoms with van der Waals surface area (Å²) in [6, 6.07) is 21.8. The summed E-state index contributed by atoms with van der Waals surface area (Å²) in [4.78, 5) is 29.9. The summed E-state index contributed by atoms with van der Waals surface area (Å²) in [6.45, 7) is 3.00. The van der Waals surface area contributed by atoms with Gasteiger partial charge in [-0.05, 0) is 49.5 Å². The van der Waals surface area contributed by atoms with Gasteiger partial charge in [-0.2, -0.15) is 0 Å². The Balaban J connectivity index is 1.60. The number of aromatic nitrogens is 1. The Hall–Kier alpha value is -3.42. The zero-order chi connectivity index (χ0) is 25.2. The fourth-order valence-electron chi connectivity index (χ4n) is 5.33. The average molecular weight is 502 g/mol. The molecule has 0 bridgehead atoms. The second kappa shape index (κ2) is 10.3. The lowest BCUT2D eigenvalue weighted by Crippen LogP contribution is -2.40. The molecule has 1 fully saturated rings. The van der Waals surface area contributed by atoms with Crippen molar-refractivity contribution in [3.8, 4) is 22.4 Å². The van der Waals surface area contributed by atoms with Crippen molar-refractivity contribution in [2.45, 2.75) is 19.4 Å². The van der Waals surface area contributed by atoms with Gasteiger partial charge in [0.05, 0.1) is 15.9 Å². The Labute approximate surface area is 215 Å². The number of rotatable bonds is 7. The molecule has 7 heteroatoms. The molecule has 36 heavy (non-hydrogen) atoms. The number of carboxylic acids is 1. The number of aromatic carboxylic acids is 1. The lowest BCUT2D eigenvalue weighted by molar-refractivity contribution is -0.131. The highest BCUT2D eigenvalue weighted by Crippen LogP contribution is 2.44. The molecular weight excluding hydrogens is 470 g/mol. The minimum atomic E-state index is -0.951. The number of carbonyl (C=O) groups is 2. The van der Waals surface area contributed by atoms with Crippen LogP contribution in [0.3, 0.4) is 0 Å². The minimum Gasteiger partial charge on any atom is -0.477 e. The van der Waals surface area contributed by atoms with E-state index in [4.69, 9.17) is 0 Å². The highest BCUT2D eigenvalue weighted by atomic mass is 32.1. The summed E-state index contributed by atoms with van der Waals surface area (Å²) in [5.74, 6) is -0.455. The van der Waals surface area contributed by atoms with E-state index in [1.165, 1.54) is 11.3 Å². The molecule has 0 aliphatic carbocycles. The molecule has 0 saturated carbocycles. The number of hydrogen-bond donors (Lipinski definition) is 1. The number of piperidine rings is 1. The van der Waals surface area contributed by atoms with E-state index in [0.29, 0.717) is 5.92 Å². The molecule has 186 valence electrons. The van der Waals surface area contributed by atoms with Gasteiger partial charge in [0.25, 0.3) is 0 Å². The van der Waals surface area contributed by atoms with E-state index in [1.54, 1.807) is 6.07 Å². The van der Waals surface area contributed by atoms with Crippen molar-refractivity contribution in [2.75, 3.05) is 33.7 Å². The molecule has 1 aliphatic heterocycles. The molecule has 0 radical (unpaired) electrons. The number of likely N-dealkylation sites (N-methyl/N-ethyl adjacent to an activating group) is 1. The first-order valence-electron chi connectivity index (χ1n) is 12.3. The summed E-state index contributed by atoms with van der Waals surface area (Å²) < 4.78 is 2.91. The van der Waals surface area contributed by atoms with E-state index in [1.807, 2.05) is 77.2 Å². The number of carboxylic acid groups (broad SMARTS) is 1. The Kier molecular flexibility index (Phi) is 6.94. The van der Waals surface area contributed by atoms with Gasteiger partial charge in [-0.1, -0.05) is 60.7 Å². The third-order valence-corrected chi connectivity index (χ3v) is 8.16. The first kappa shape index (κ1) is 24.3. The molecule has 4 aromatic rings. The summed E-state index contributed by atoms with van der Waals surface area (Å²) in [7, 11) is 4.02. The third-order valence-electron chi connectivity index (χ3n) is 7.03. The molecule has 1 unspecified atom stereocenters. The number of likely N-dealkylation sites (tertiary alicyclic amines) is 1. The van der Waals surface area contributed by atoms with Gasteiger partial charge < -0.3 is 19.5 Å². The van der Waals surface area contributed by atoms with Crippen LogP contribution in [0, 0.1) is 5.92 Å². The number of thiophene rings is 1. The van der Waals surface area contributed by atoms with Gasteiger partial charge in [0.1, 0.15) is 11.4 Å². The van der Waals surface area contributed by atoms with E-state index < -0.39 is 5.97 Å². The van der Waals surface area contributed by atoms with E-state index in [9.17, 15) is 14.7 Å². The lowest BCUT2D eigenvalue weighted by Gasteiger charge is -2.32. The Morgan fingerprint density at radius 2 is 1.72 bits per heavy atom. The molecule has 1 atom stereocenters. The normalized spacial score (nSPS) is 16.3. The maximum Gasteiger partial charge on any atom is 0.345 e. The lowest BCUT2D eigenvalue weighted by atomic mass is 9.98. The van der Waals surface area contributed by atoms with Crippen molar-refractivity contribution in [1.29, 1.82) is 0 Å². The van der Waals surface area contributed by atoms with Crippen LogP contribution in [0.1, 0.15) is 22.5 Å². The maximum atomic E-state index is 13.6. The highest BCUT2D eigenvalue weighted by molar-refractivity contribution is 7.21. The minimum absolute atomic E-state index is 0.0278. The van der Waals surface area contributed by atoms with Crippen LogP contribution in [0.4, 0.5) is 0 Å². The number of fused-ring (bicyclic) bond motifs is 1. The topological polar surface area (TPSA) is 65.8 Å². The van der Waals surface area contributed by atoms with Crippen LogP contribution in [0.25, 0.3) is 32.6 Å². The van der Waals surface area contributed by atoms with Crippen LogP contribution in [0.2, 0.25) is 0 Å².